The summed E-state index contributed by atoms with van der Waals surface area (Å²) in [5.74, 6) is 1.50. The molecule has 0 aromatic heterocycles. The Morgan fingerprint density at radius 1 is 1.11 bits per heavy atom. The number of benzene rings is 2. The van der Waals surface area contributed by atoms with Gasteiger partial charge in [-0.1, -0.05) is 52.3 Å². The number of rotatable bonds is 4. The van der Waals surface area contributed by atoms with E-state index in [2.05, 4.69) is 22.5 Å². The molecule has 0 aliphatic heterocycles. The van der Waals surface area contributed by atoms with E-state index in [-0.39, 0.29) is 0 Å². The van der Waals surface area contributed by atoms with Crippen LogP contribution >= 0.6 is 27.5 Å². The molecule has 0 radical (unpaired) electrons. The smallest absolute Gasteiger partial charge is 0.129 e. The third-order valence-corrected chi connectivity index (χ3v) is 3.31. The van der Waals surface area contributed by atoms with Gasteiger partial charge in [0, 0.05) is 10.4 Å². The lowest BCUT2D eigenvalue weighted by molar-refractivity contribution is 0.482. The minimum atomic E-state index is 0.638. The van der Waals surface area contributed by atoms with Crippen LogP contribution in [0.3, 0.4) is 0 Å². The summed E-state index contributed by atoms with van der Waals surface area (Å²) in [5.41, 5.74) is 2.15. The second kappa shape index (κ2) is 6.07. The summed E-state index contributed by atoms with van der Waals surface area (Å²) in [6.07, 6.45) is 1.74. The summed E-state index contributed by atoms with van der Waals surface area (Å²) in [6, 6.07) is 13.4. The van der Waals surface area contributed by atoms with Crippen molar-refractivity contribution < 1.29 is 4.74 Å². The second-order valence-electron chi connectivity index (χ2n) is 3.80. The fourth-order valence-electron chi connectivity index (χ4n) is 1.54. The lowest BCUT2D eigenvalue weighted by atomic mass is 10.2. The number of hydrogen-bond donors (Lipinski definition) is 0. The van der Waals surface area contributed by atoms with Crippen molar-refractivity contribution in [2.45, 2.75) is 5.33 Å². The summed E-state index contributed by atoms with van der Waals surface area (Å²) in [7, 11) is 0. The van der Waals surface area contributed by atoms with Gasteiger partial charge in [0.2, 0.25) is 0 Å². The maximum absolute atomic E-state index is 6.01. The largest absolute Gasteiger partial charge is 0.457 e. The fraction of sp³-hybridized carbons (Fsp3) is 0.0667. The topological polar surface area (TPSA) is 9.23 Å². The van der Waals surface area contributed by atoms with E-state index in [0.29, 0.717) is 10.8 Å². The Hall–Kier alpha value is -1.25. The lowest BCUT2D eigenvalue weighted by Crippen LogP contribution is -1.86. The third-order valence-electron chi connectivity index (χ3n) is 2.44. The van der Waals surface area contributed by atoms with Gasteiger partial charge in [-0.3, -0.25) is 0 Å². The van der Waals surface area contributed by atoms with Crippen LogP contribution in [0.25, 0.3) is 6.08 Å². The molecule has 0 saturated carbocycles. The molecule has 0 N–H and O–H groups in total. The normalized spacial score (nSPS) is 10.1. The third kappa shape index (κ3) is 3.37. The lowest BCUT2D eigenvalue weighted by Gasteiger charge is -2.07. The van der Waals surface area contributed by atoms with Gasteiger partial charge in [-0.15, -0.1) is 0 Å². The predicted octanol–water partition coefficient (Wildman–Crippen LogP) is 5.67. The molecule has 2 aromatic rings. The van der Waals surface area contributed by atoms with Crippen LogP contribution in [0.2, 0.25) is 5.02 Å². The molecule has 0 aliphatic carbocycles. The Labute approximate surface area is 120 Å². The van der Waals surface area contributed by atoms with Gasteiger partial charge in [0.15, 0.2) is 0 Å². The first kappa shape index (κ1) is 13.2. The summed E-state index contributed by atoms with van der Waals surface area (Å²) in [4.78, 5) is 0. The molecular formula is C15H12BrClO. The van der Waals surface area contributed by atoms with Crippen LogP contribution in [0.1, 0.15) is 11.1 Å². The van der Waals surface area contributed by atoms with Crippen LogP contribution < -0.4 is 4.74 Å². The van der Waals surface area contributed by atoms with Crippen LogP contribution in [-0.4, -0.2) is 0 Å². The van der Waals surface area contributed by atoms with Crippen molar-refractivity contribution >= 4 is 33.6 Å². The number of alkyl halides is 1. The van der Waals surface area contributed by atoms with E-state index in [1.807, 2.05) is 36.4 Å². The number of ether oxygens (including phenoxy) is 1. The minimum absolute atomic E-state index is 0.638. The molecule has 1 nitrogen and oxygen atoms in total. The molecule has 0 bridgehead atoms. The number of hydrogen-bond acceptors (Lipinski definition) is 1. The highest BCUT2D eigenvalue weighted by atomic mass is 79.9. The average Bonchev–Trinajstić information content (AvgIpc) is 2.39. The van der Waals surface area contributed by atoms with Crippen LogP contribution in [-0.2, 0) is 5.33 Å². The summed E-state index contributed by atoms with van der Waals surface area (Å²) >= 11 is 9.42. The SMILES string of the molecule is C=Cc1cc(Cl)cc(Oc2ccc(CBr)cc2)c1. The molecule has 0 atom stereocenters. The van der Waals surface area contributed by atoms with Gasteiger partial charge in [-0.05, 0) is 41.5 Å². The van der Waals surface area contributed by atoms with Gasteiger partial charge in [-0.25, -0.2) is 0 Å². The molecular weight excluding hydrogens is 312 g/mol. The summed E-state index contributed by atoms with van der Waals surface area (Å²) in [5, 5.41) is 1.48. The van der Waals surface area contributed by atoms with Gasteiger partial charge < -0.3 is 4.74 Å². The van der Waals surface area contributed by atoms with Crippen molar-refractivity contribution in [2.75, 3.05) is 0 Å². The molecule has 0 heterocycles. The molecule has 0 amide bonds. The maximum atomic E-state index is 6.01. The summed E-state index contributed by atoms with van der Waals surface area (Å²) in [6.45, 7) is 3.72. The van der Waals surface area contributed by atoms with Gasteiger partial charge in [0.25, 0.3) is 0 Å². The molecule has 92 valence electrons. The zero-order valence-electron chi connectivity index (χ0n) is 9.70. The Kier molecular flexibility index (Phi) is 4.45. The van der Waals surface area contributed by atoms with E-state index in [9.17, 15) is 0 Å². The Balaban J connectivity index is 2.22. The predicted molar refractivity (Wildman–Crippen MR) is 80.7 cm³/mol. The van der Waals surface area contributed by atoms with Crippen LogP contribution in [0.15, 0.2) is 49.0 Å². The molecule has 3 heteroatoms. The van der Waals surface area contributed by atoms with Crippen molar-refractivity contribution in [3.63, 3.8) is 0 Å². The zero-order valence-corrected chi connectivity index (χ0v) is 12.0. The van der Waals surface area contributed by atoms with Crippen molar-refractivity contribution in [2.24, 2.45) is 0 Å². The van der Waals surface area contributed by atoms with E-state index < -0.39 is 0 Å². The van der Waals surface area contributed by atoms with Gasteiger partial charge >= 0.3 is 0 Å². The highest BCUT2D eigenvalue weighted by Gasteiger charge is 2.01. The molecule has 0 aliphatic rings. The van der Waals surface area contributed by atoms with Gasteiger partial charge in [0.1, 0.15) is 11.5 Å². The van der Waals surface area contributed by atoms with E-state index in [4.69, 9.17) is 16.3 Å². The average molecular weight is 324 g/mol. The summed E-state index contributed by atoms with van der Waals surface area (Å²) < 4.78 is 5.75. The van der Waals surface area contributed by atoms with Crippen molar-refractivity contribution in [1.82, 2.24) is 0 Å². The molecule has 2 rings (SSSR count). The highest BCUT2D eigenvalue weighted by Crippen LogP contribution is 2.27. The van der Waals surface area contributed by atoms with Crippen molar-refractivity contribution in [3.05, 3.63) is 65.2 Å². The second-order valence-corrected chi connectivity index (χ2v) is 4.80. The van der Waals surface area contributed by atoms with Crippen LogP contribution in [0, 0.1) is 0 Å². The Morgan fingerprint density at radius 3 is 2.44 bits per heavy atom. The van der Waals surface area contributed by atoms with E-state index in [1.165, 1.54) is 5.56 Å². The first-order valence-corrected chi connectivity index (χ1v) is 6.97. The maximum Gasteiger partial charge on any atom is 0.129 e. The number of halogens is 2. The molecule has 0 unspecified atom stereocenters. The molecule has 0 spiro atoms. The van der Waals surface area contributed by atoms with E-state index in [0.717, 1.165) is 16.6 Å². The van der Waals surface area contributed by atoms with Gasteiger partial charge in [-0.2, -0.15) is 0 Å². The van der Waals surface area contributed by atoms with E-state index >= 15 is 0 Å². The monoisotopic (exact) mass is 322 g/mol. The first-order chi connectivity index (χ1) is 8.71. The van der Waals surface area contributed by atoms with Crippen LogP contribution in [0.4, 0.5) is 0 Å². The highest BCUT2D eigenvalue weighted by molar-refractivity contribution is 9.08. The first-order valence-electron chi connectivity index (χ1n) is 5.47. The van der Waals surface area contributed by atoms with Crippen molar-refractivity contribution in [3.8, 4) is 11.5 Å². The molecule has 2 aromatic carbocycles. The van der Waals surface area contributed by atoms with Gasteiger partial charge in [0.05, 0.1) is 0 Å². The standard InChI is InChI=1S/C15H12BrClO/c1-2-11-7-13(17)9-15(8-11)18-14-5-3-12(10-16)4-6-14/h2-9H,1,10H2. The molecule has 18 heavy (non-hydrogen) atoms. The minimum Gasteiger partial charge on any atom is -0.457 e. The molecule has 0 fully saturated rings. The Bertz CT molecular complexity index is 549. The van der Waals surface area contributed by atoms with Crippen molar-refractivity contribution in [1.29, 1.82) is 0 Å². The fourth-order valence-corrected chi connectivity index (χ4v) is 2.15. The molecule has 0 saturated heterocycles. The Morgan fingerprint density at radius 2 is 1.83 bits per heavy atom. The van der Waals surface area contributed by atoms with E-state index in [1.54, 1.807) is 12.1 Å². The quantitative estimate of drug-likeness (QED) is 0.659. The zero-order chi connectivity index (χ0) is 13.0. The van der Waals surface area contributed by atoms with Crippen LogP contribution in [0.5, 0.6) is 11.5 Å².